The highest BCUT2D eigenvalue weighted by molar-refractivity contribution is 6.37. The lowest BCUT2D eigenvalue weighted by atomic mass is 9.91. The molecular weight excluding hydrogens is 567 g/mol. The summed E-state index contributed by atoms with van der Waals surface area (Å²) in [5, 5.41) is 17.2. The zero-order valence-corrected chi connectivity index (χ0v) is 22.8. The number of phenolic OH excluding ortho intramolecular Hbond substituents is 1. The average Bonchev–Trinajstić information content (AvgIpc) is 2.97. The number of aromatic hydroxyl groups is 1. The van der Waals surface area contributed by atoms with Gasteiger partial charge in [0.15, 0.2) is 5.75 Å². The molecule has 5 aromatic rings. The van der Waals surface area contributed by atoms with Crippen molar-refractivity contribution >= 4 is 29.1 Å². The maximum absolute atomic E-state index is 13.2. The standard InChI is InChI=1S/C30H22Cl2N4O5/c31-24-13-20(36-30(40)35-27(38)17-34-36)14-25(32)28(24)41-21-11-12-26(37)22(15-21)29(39)33-16-23(18-7-3-1-4-8-18)19-9-5-2-6-10-19/h1-15,17,23,37H,16H2,(H,33,39)(H,35,38,40). The number of rotatable bonds is 8. The van der Waals surface area contributed by atoms with Gasteiger partial charge in [0, 0.05) is 12.5 Å². The Balaban J connectivity index is 1.36. The molecule has 206 valence electrons. The molecule has 0 saturated carbocycles. The summed E-state index contributed by atoms with van der Waals surface area (Å²) in [7, 11) is 0. The molecule has 1 aromatic heterocycles. The fourth-order valence-corrected chi connectivity index (χ4v) is 4.82. The summed E-state index contributed by atoms with van der Waals surface area (Å²) in [4.78, 5) is 38.7. The minimum atomic E-state index is -0.769. The molecule has 0 saturated heterocycles. The van der Waals surface area contributed by atoms with Crippen LogP contribution < -0.4 is 21.3 Å². The van der Waals surface area contributed by atoms with Crippen LogP contribution in [0.4, 0.5) is 0 Å². The van der Waals surface area contributed by atoms with Gasteiger partial charge in [0.1, 0.15) is 17.7 Å². The van der Waals surface area contributed by atoms with Crippen LogP contribution in [0.3, 0.4) is 0 Å². The molecule has 0 radical (unpaired) electrons. The maximum atomic E-state index is 13.2. The van der Waals surface area contributed by atoms with E-state index in [-0.39, 0.29) is 51.0 Å². The van der Waals surface area contributed by atoms with Crippen LogP contribution in [0.1, 0.15) is 27.4 Å². The molecule has 1 heterocycles. The second kappa shape index (κ2) is 12.1. The van der Waals surface area contributed by atoms with E-state index in [1.54, 1.807) is 0 Å². The molecular formula is C30H22Cl2N4O5. The van der Waals surface area contributed by atoms with Gasteiger partial charge in [0.2, 0.25) is 0 Å². The summed E-state index contributed by atoms with van der Waals surface area (Å²) >= 11 is 12.8. The molecule has 0 unspecified atom stereocenters. The molecule has 0 fully saturated rings. The number of H-pyrrole nitrogens is 1. The summed E-state index contributed by atoms with van der Waals surface area (Å²) < 4.78 is 6.79. The van der Waals surface area contributed by atoms with E-state index >= 15 is 0 Å². The predicted molar refractivity (Wildman–Crippen MR) is 156 cm³/mol. The first-order valence-corrected chi connectivity index (χ1v) is 13.1. The lowest BCUT2D eigenvalue weighted by Gasteiger charge is -2.19. The molecule has 11 heteroatoms. The molecule has 0 atom stereocenters. The quantitative estimate of drug-likeness (QED) is 0.226. The average molecular weight is 589 g/mol. The number of aromatic amines is 1. The largest absolute Gasteiger partial charge is 0.507 e. The number of benzene rings is 4. The number of hydrogen-bond donors (Lipinski definition) is 3. The van der Waals surface area contributed by atoms with Gasteiger partial charge in [-0.3, -0.25) is 14.6 Å². The normalized spacial score (nSPS) is 10.9. The minimum Gasteiger partial charge on any atom is -0.507 e. The van der Waals surface area contributed by atoms with Crippen LogP contribution in [-0.4, -0.2) is 32.3 Å². The molecule has 0 spiro atoms. The second-order valence-corrected chi connectivity index (χ2v) is 9.77. The Morgan fingerprint density at radius 3 is 2.12 bits per heavy atom. The van der Waals surface area contributed by atoms with Crippen molar-refractivity contribution in [3.05, 3.63) is 145 Å². The Morgan fingerprint density at radius 2 is 1.54 bits per heavy atom. The first-order chi connectivity index (χ1) is 19.8. The number of halogens is 2. The summed E-state index contributed by atoms with van der Waals surface area (Å²) in [5.74, 6) is -0.599. The fraction of sp³-hybridized carbons (Fsp3) is 0.0667. The zero-order valence-electron chi connectivity index (χ0n) is 21.3. The number of hydrogen-bond acceptors (Lipinski definition) is 6. The molecule has 4 aromatic carbocycles. The molecule has 0 bridgehead atoms. The fourth-order valence-electron chi connectivity index (χ4n) is 4.27. The molecule has 0 aliphatic carbocycles. The van der Waals surface area contributed by atoms with Crippen LogP contribution in [0.15, 0.2) is 107 Å². The molecule has 0 aliphatic heterocycles. The molecule has 5 rings (SSSR count). The third kappa shape index (κ3) is 6.32. The van der Waals surface area contributed by atoms with E-state index in [0.29, 0.717) is 0 Å². The van der Waals surface area contributed by atoms with Gasteiger partial charge in [-0.15, -0.1) is 0 Å². The lowest BCUT2D eigenvalue weighted by Crippen LogP contribution is -2.30. The number of phenols is 1. The molecule has 3 N–H and O–H groups in total. The van der Waals surface area contributed by atoms with Crippen molar-refractivity contribution in [2.24, 2.45) is 0 Å². The second-order valence-electron chi connectivity index (χ2n) is 8.95. The Hall–Kier alpha value is -4.86. The first kappa shape index (κ1) is 27.7. The number of carbonyl (C=O) groups is 1. The maximum Gasteiger partial charge on any atom is 0.349 e. The van der Waals surface area contributed by atoms with Crippen molar-refractivity contribution in [3.8, 4) is 22.9 Å². The summed E-state index contributed by atoms with van der Waals surface area (Å²) in [6, 6.07) is 26.6. The smallest absolute Gasteiger partial charge is 0.349 e. The van der Waals surface area contributed by atoms with E-state index in [4.69, 9.17) is 27.9 Å². The van der Waals surface area contributed by atoms with Crippen molar-refractivity contribution in [1.82, 2.24) is 20.1 Å². The van der Waals surface area contributed by atoms with E-state index < -0.39 is 17.2 Å². The van der Waals surface area contributed by atoms with Crippen molar-refractivity contribution in [1.29, 1.82) is 0 Å². The van der Waals surface area contributed by atoms with E-state index in [1.807, 2.05) is 60.7 Å². The van der Waals surface area contributed by atoms with Gasteiger partial charge in [0.05, 0.1) is 21.3 Å². The zero-order chi connectivity index (χ0) is 28.9. The van der Waals surface area contributed by atoms with E-state index in [1.165, 1.54) is 30.3 Å². The summed E-state index contributed by atoms with van der Waals surface area (Å²) in [6.45, 7) is 0.286. The van der Waals surface area contributed by atoms with Gasteiger partial charge in [-0.05, 0) is 41.5 Å². The highest BCUT2D eigenvalue weighted by atomic mass is 35.5. The van der Waals surface area contributed by atoms with E-state index in [9.17, 15) is 19.5 Å². The Labute approximate surface area is 243 Å². The lowest BCUT2D eigenvalue weighted by molar-refractivity contribution is 0.0949. The SMILES string of the molecule is O=C(NCC(c1ccccc1)c1ccccc1)c1cc(Oc2c(Cl)cc(-n3ncc(=O)[nH]c3=O)cc2Cl)ccc1O. The van der Waals surface area contributed by atoms with Gasteiger partial charge in [-0.25, -0.2) is 4.79 Å². The Bertz CT molecular complexity index is 1760. The van der Waals surface area contributed by atoms with Gasteiger partial charge >= 0.3 is 5.69 Å². The van der Waals surface area contributed by atoms with Crippen LogP contribution in [-0.2, 0) is 0 Å². The monoisotopic (exact) mass is 588 g/mol. The molecule has 41 heavy (non-hydrogen) atoms. The highest BCUT2D eigenvalue weighted by Crippen LogP contribution is 2.39. The van der Waals surface area contributed by atoms with Gasteiger partial charge in [0.25, 0.3) is 11.5 Å². The number of carbonyl (C=O) groups excluding carboxylic acids is 1. The highest BCUT2D eigenvalue weighted by Gasteiger charge is 2.19. The van der Waals surface area contributed by atoms with Crippen LogP contribution in [0.25, 0.3) is 5.69 Å². The molecule has 9 nitrogen and oxygen atoms in total. The van der Waals surface area contributed by atoms with E-state index in [2.05, 4.69) is 15.4 Å². The predicted octanol–water partition coefficient (Wildman–Crippen LogP) is 5.29. The molecule has 1 amide bonds. The Morgan fingerprint density at radius 1 is 0.927 bits per heavy atom. The summed E-state index contributed by atoms with van der Waals surface area (Å²) in [5.41, 5.74) is 0.848. The number of ether oxygens (including phenoxy) is 1. The minimum absolute atomic E-state index is 0.00442. The van der Waals surface area contributed by atoms with Crippen molar-refractivity contribution in [3.63, 3.8) is 0 Å². The topological polar surface area (TPSA) is 126 Å². The van der Waals surface area contributed by atoms with Crippen LogP contribution in [0.2, 0.25) is 10.0 Å². The number of nitrogens with zero attached hydrogens (tertiary/aromatic N) is 2. The van der Waals surface area contributed by atoms with Crippen molar-refractivity contribution in [2.45, 2.75) is 5.92 Å². The third-order valence-electron chi connectivity index (χ3n) is 6.24. The van der Waals surface area contributed by atoms with Gasteiger partial charge in [-0.1, -0.05) is 83.9 Å². The van der Waals surface area contributed by atoms with Gasteiger partial charge in [-0.2, -0.15) is 9.78 Å². The first-order valence-electron chi connectivity index (χ1n) is 12.4. The van der Waals surface area contributed by atoms with Gasteiger partial charge < -0.3 is 15.2 Å². The third-order valence-corrected chi connectivity index (χ3v) is 6.81. The number of aromatic nitrogens is 3. The van der Waals surface area contributed by atoms with E-state index in [0.717, 1.165) is 22.0 Å². The molecule has 0 aliphatic rings. The van der Waals surface area contributed by atoms with Crippen LogP contribution in [0, 0.1) is 0 Å². The van der Waals surface area contributed by atoms with Crippen molar-refractivity contribution in [2.75, 3.05) is 6.54 Å². The number of nitrogens with one attached hydrogen (secondary N) is 2. The van der Waals surface area contributed by atoms with Crippen LogP contribution >= 0.6 is 23.2 Å². The van der Waals surface area contributed by atoms with Crippen molar-refractivity contribution < 1.29 is 14.6 Å². The van der Waals surface area contributed by atoms with Crippen LogP contribution in [0.5, 0.6) is 17.2 Å². The number of amides is 1. The Kier molecular flexibility index (Phi) is 8.19. The summed E-state index contributed by atoms with van der Waals surface area (Å²) in [6.07, 6.45) is 0.943.